The second-order valence-electron chi connectivity index (χ2n) is 7.30. The van der Waals surface area contributed by atoms with Crippen LogP contribution in [0.2, 0.25) is 5.02 Å². The number of carbonyl (C=O) groups is 3. The van der Waals surface area contributed by atoms with Crippen molar-refractivity contribution in [2.45, 2.75) is 26.7 Å². The second-order valence-corrected chi connectivity index (χ2v) is 7.71. The lowest BCUT2D eigenvalue weighted by Gasteiger charge is -2.29. The Morgan fingerprint density at radius 2 is 2.03 bits per heavy atom. The van der Waals surface area contributed by atoms with Crippen LogP contribution in [0.1, 0.15) is 35.7 Å². The van der Waals surface area contributed by atoms with Gasteiger partial charge in [-0.25, -0.2) is 0 Å². The maximum Gasteiger partial charge on any atom is 0.265 e. The molecule has 1 heterocycles. The lowest BCUT2D eigenvalue weighted by atomic mass is 10.1. The Bertz CT molecular complexity index is 992. The fraction of sp³-hybridized carbons (Fsp3) is 0.348. The van der Waals surface area contributed by atoms with Crippen LogP contribution in [0.25, 0.3) is 0 Å². The maximum atomic E-state index is 12.7. The molecule has 0 atom stereocenters. The van der Waals surface area contributed by atoms with E-state index in [-0.39, 0.29) is 37.4 Å². The molecular weight excluding hydrogens is 420 g/mol. The first kappa shape index (κ1) is 22.6. The third-order valence-corrected chi connectivity index (χ3v) is 5.14. The molecule has 1 aliphatic rings. The number of nitrogens with zero attached hydrogens (tertiary/aromatic N) is 1. The van der Waals surface area contributed by atoms with Crippen molar-refractivity contribution in [1.29, 1.82) is 0 Å². The third-order valence-electron chi connectivity index (χ3n) is 4.82. The number of carbonyl (C=O) groups excluding carboxylic acids is 3. The van der Waals surface area contributed by atoms with Crippen LogP contribution in [0.3, 0.4) is 0 Å². The molecule has 31 heavy (non-hydrogen) atoms. The van der Waals surface area contributed by atoms with Gasteiger partial charge in [-0.3, -0.25) is 19.3 Å². The summed E-state index contributed by atoms with van der Waals surface area (Å²) < 4.78 is 11.0. The summed E-state index contributed by atoms with van der Waals surface area (Å²) in [6, 6.07) is 10.1. The fourth-order valence-electron chi connectivity index (χ4n) is 3.10. The molecule has 7 nitrogen and oxygen atoms in total. The van der Waals surface area contributed by atoms with Gasteiger partial charge in [-0.05, 0) is 49.2 Å². The molecule has 0 fully saturated rings. The predicted molar refractivity (Wildman–Crippen MR) is 118 cm³/mol. The summed E-state index contributed by atoms with van der Waals surface area (Å²) in [6.45, 7) is 3.98. The highest BCUT2D eigenvalue weighted by atomic mass is 35.5. The third kappa shape index (κ3) is 5.76. The number of ketones is 1. The molecular formula is C23H25ClN2O5. The number of benzene rings is 2. The van der Waals surface area contributed by atoms with Gasteiger partial charge in [-0.1, -0.05) is 31.0 Å². The number of unbranched alkanes of at least 4 members (excludes halogenated alkanes) is 1. The molecule has 2 amide bonds. The molecule has 2 aromatic rings. The van der Waals surface area contributed by atoms with Crippen molar-refractivity contribution in [3.05, 3.63) is 52.5 Å². The maximum absolute atomic E-state index is 12.7. The van der Waals surface area contributed by atoms with Gasteiger partial charge >= 0.3 is 0 Å². The molecule has 8 heteroatoms. The van der Waals surface area contributed by atoms with Gasteiger partial charge in [0.2, 0.25) is 5.91 Å². The summed E-state index contributed by atoms with van der Waals surface area (Å²) in [4.78, 5) is 38.6. The number of Topliss-reactive ketones (excluding diaryl/α,β-unsaturated/α-hetero) is 1. The number of amides is 2. The Balaban J connectivity index is 1.73. The van der Waals surface area contributed by atoms with E-state index in [1.165, 1.54) is 4.90 Å². The molecule has 0 bridgehead atoms. The number of fused-ring (bicyclic) bond motifs is 1. The number of aryl methyl sites for hydroxylation is 1. The molecule has 1 N–H and O–H groups in total. The van der Waals surface area contributed by atoms with E-state index in [2.05, 4.69) is 5.32 Å². The summed E-state index contributed by atoms with van der Waals surface area (Å²) in [5, 5.41) is 3.21. The summed E-state index contributed by atoms with van der Waals surface area (Å²) in [5.41, 5.74) is 1.70. The molecule has 0 spiro atoms. The first-order valence-electron chi connectivity index (χ1n) is 10.1. The quantitative estimate of drug-likeness (QED) is 0.472. The summed E-state index contributed by atoms with van der Waals surface area (Å²) in [6.07, 6.45) is 1.82. The van der Waals surface area contributed by atoms with E-state index in [4.69, 9.17) is 21.1 Å². The largest absolute Gasteiger partial charge is 0.484 e. The Morgan fingerprint density at radius 1 is 1.23 bits per heavy atom. The summed E-state index contributed by atoms with van der Waals surface area (Å²) >= 11 is 6.11. The highest BCUT2D eigenvalue weighted by molar-refractivity contribution is 6.32. The minimum absolute atomic E-state index is 0.133. The minimum atomic E-state index is -0.342. The lowest BCUT2D eigenvalue weighted by molar-refractivity contribution is -0.125. The molecule has 0 radical (unpaired) electrons. The van der Waals surface area contributed by atoms with E-state index in [1.807, 2.05) is 19.9 Å². The summed E-state index contributed by atoms with van der Waals surface area (Å²) in [7, 11) is 0. The van der Waals surface area contributed by atoms with Gasteiger partial charge in [0.1, 0.15) is 18.0 Å². The molecule has 0 saturated carbocycles. The Kier molecular flexibility index (Phi) is 7.52. The molecule has 1 aliphatic heterocycles. The van der Waals surface area contributed by atoms with E-state index in [0.717, 1.165) is 18.4 Å². The first-order valence-corrected chi connectivity index (χ1v) is 10.5. The number of halogens is 1. The lowest BCUT2D eigenvalue weighted by Crippen LogP contribution is -2.45. The molecule has 2 aromatic carbocycles. The van der Waals surface area contributed by atoms with Crippen LogP contribution in [0.15, 0.2) is 36.4 Å². The number of hydrogen-bond donors (Lipinski definition) is 1. The van der Waals surface area contributed by atoms with Crippen molar-refractivity contribution < 1.29 is 23.9 Å². The van der Waals surface area contributed by atoms with E-state index < -0.39 is 0 Å². The molecule has 0 aromatic heterocycles. The predicted octanol–water partition coefficient (Wildman–Crippen LogP) is 3.55. The van der Waals surface area contributed by atoms with Gasteiger partial charge in [0, 0.05) is 12.1 Å². The zero-order valence-electron chi connectivity index (χ0n) is 17.6. The minimum Gasteiger partial charge on any atom is -0.484 e. The van der Waals surface area contributed by atoms with Crippen LogP contribution in [-0.4, -0.2) is 43.9 Å². The fourth-order valence-corrected chi connectivity index (χ4v) is 3.27. The highest BCUT2D eigenvalue weighted by Crippen LogP contribution is 2.33. The Hall–Kier alpha value is -3.06. The molecule has 0 saturated heterocycles. The van der Waals surface area contributed by atoms with E-state index >= 15 is 0 Å². The Morgan fingerprint density at radius 3 is 2.81 bits per heavy atom. The second kappa shape index (κ2) is 10.3. The average molecular weight is 445 g/mol. The van der Waals surface area contributed by atoms with E-state index in [0.29, 0.717) is 34.3 Å². The van der Waals surface area contributed by atoms with Crippen molar-refractivity contribution in [2.24, 2.45) is 0 Å². The zero-order valence-corrected chi connectivity index (χ0v) is 18.3. The molecule has 3 rings (SSSR count). The van der Waals surface area contributed by atoms with Gasteiger partial charge in [0.25, 0.3) is 5.91 Å². The number of nitrogens with one attached hydrogen (secondary N) is 1. The van der Waals surface area contributed by atoms with Gasteiger partial charge in [0.05, 0.1) is 10.7 Å². The molecule has 0 unspecified atom stereocenters. The van der Waals surface area contributed by atoms with Crippen molar-refractivity contribution in [1.82, 2.24) is 5.32 Å². The van der Waals surface area contributed by atoms with Crippen LogP contribution < -0.4 is 19.7 Å². The zero-order chi connectivity index (χ0) is 22.4. The van der Waals surface area contributed by atoms with Crippen LogP contribution >= 0.6 is 11.6 Å². The molecule has 164 valence electrons. The first-order chi connectivity index (χ1) is 14.9. The van der Waals surface area contributed by atoms with Crippen molar-refractivity contribution in [3.63, 3.8) is 0 Å². The Labute approximate surface area is 186 Å². The van der Waals surface area contributed by atoms with Gasteiger partial charge < -0.3 is 14.8 Å². The van der Waals surface area contributed by atoms with E-state index in [1.54, 1.807) is 30.3 Å². The number of hydrogen-bond acceptors (Lipinski definition) is 5. The molecule has 0 aliphatic carbocycles. The monoisotopic (exact) mass is 444 g/mol. The number of rotatable bonds is 9. The van der Waals surface area contributed by atoms with Crippen molar-refractivity contribution in [3.8, 4) is 11.5 Å². The van der Waals surface area contributed by atoms with Gasteiger partial charge in [-0.15, -0.1) is 0 Å². The van der Waals surface area contributed by atoms with Gasteiger partial charge in [0.15, 0.2) is 19.0 Å². The number of ether oxygens (including phenoxy) is 2. The topological polar surface area (TPSA) is 84.9 Å². The smallest absolute Gasteiger partial charge is 0.265 e. The SMILES string of the molecule is CCCCNC(=O)CN1C(=O)COc2ccc(C(=O)COc3cc(C)ccc3Cl)cc21. The normalized spacial score (nSPS) is 12.7. The van der Waals surface area contributed by atoms with E-state index in [9.17, 15) is 14.4 Å². The standard InChI is InChI=1S/C23H25ClN2O5/c1-3-4-9-25-22(28)12-26-18-11-16(6-8-20(18)31-14-23(26)29)19(27)13-30-21-10-15(2)5-7-17(21)24/h5-8,10-11H,3-4,9,12-14H2,1-2H3,(H,25,28). The van der Waals surface area contributed by atoms with Crippen LogP contribution in [-0.2, 0) is 9.59 Å². The van der Waals surface area contributed by atoms with Crippen molar-refractivity contribution in [2.75, 3.05) is 31.2 Å². The van der Waals surface area contributed by atoms with Crippen LogP contribution in [0, 0.1) is 6.92 Å². The average Bonchev–Trinajstić information content (AvgIpc) is 2.76. The summed E-state index contributed by atoms with van der Waals surface area (Å²) in [5.74, 6) is -0.0166. The van der Waals surface area contributed by atoms with Gasteiger partial charge in [-0.2, -0.15) is 0 Å². The van der Waals surface area contributed by atoms with Crippen LogP contribution in [0.5, 0.6) is 11.5 Å². The highest BCUT2D eigenvalue weighted by Gasteiger charge is 2.28. The van der Waals surface area contributed by atoms with Crippen LogP contribution in [0.4, 0.5) is 5.69 Å². The number of anilines is 1. The van der Waals surface area contributed by atoms with Crippen molar-refractivity contribution >= 4 is 34.9 Å².